The molecule has 10 heteroatoms. The maximum atomic E-state index is 13.5. The zero-order chi connectivity index (χ0) is 25.2. The van der Waals surface area contributed by atoms with Gasteiger partial charge in [0.2, 0.25) is 5.88 Å². The molecule has 180 valence electrons. The van der Waals surface area contributed by atoms with Crippen molar-refractivity contribution in [3.63, 3.8) is 0 Å². The summed E-state index contributed by atoms with van der Waals surface area (Å²) in [5.74, 6) is -0.531. The van der Waals surface area contributed by atoms with Crippen LogP contribution in [-0.4, -0.2) is 37.7 Å². The molecule has 1 N–H and O–H groups in total. The van der Waals surface area contributed by atoms with Crippen LogP contribution < -0.4 is 9.04 Å². The highest BCUT2D eigenvalue weighted by atomic mass is 32.2. The second-order valence-electron chi connectivity index (χ2n) is 7.87. The maximum Gasteiger partial charge on any atom is 0.285 e. The number of amides is 1. The van der Waals surface area contributed by atoms with Gasteiger partial charge in [-0.25, -0.2) is 8.42 Å². The first-order chi connectivity index (χ1) is 16.7. The highest BCUT2D eigenvalue weighted by Crippen LogP contribution is 2.37. The van der Waals surface area contributed by atoms with E-state index < -0.39 is 22.5 Å². The number of fused-ring (bicyclic) bond motifs is 1. The quantitative estimate of drug-likeness (QED) is 0.376. The van der Waals surface area contributed by atoms with Crippen molar-refractivity contribution >= 4 is 38.2 Å². The van der Waals surface area contributed by atoms with E-state index in [-0.39, 0.29) is 22.2 Å². The number of sulfonamides is 1. The minimum Gasteiger partial charge on any atom is -0.497 e. The van der Waals surface area contributed by atoms with Crippen LogP contribution in [0.25, 0.3) is 10.9 Å². The van der Waals surface area contributed by atoms with Crippen molar-refractivity contribution in [2.75, 3.05) is 18.0 Å². The summed E-state index contributed by atoms with van der Waals surface area (Å²) in [6, 6.07) is 19.9. The van der Waals surface area contributed by atoms with Crippen molar-refractivity contribution in [3.8, 4) is 11.6 Å². The van der Waals surface area contributed by atoms with Crippen LogP contribution >= 0.6 is 0 Å². The third-order valence-electron chi connectivity index (χ3n) is 5.54. The normalized spacial score (nSPS) is 11.7. The fourth-order valence-electron chi connectivity index (χ4n) is 3.64. The Labute approximate surface area is 203 Å². The number of carbonyl (C=O) groups excluding carboxylic acids is 1. The monoisotopic (exact) mass is 492 g/mol. The summed E-state index contributed by atoms with van der Waals surface area (Å²) < 4.78 is 34.7. The number of aromatic nitrogens is 1. The smallest absolute Gasteiger partial charge is 0.285 e. The largest absolute Gasteiger partial charge is 0.497 e. The molecule has 0 atom stereocenters. The Bertz CT molecular complexity index is 1530. The third-order valence-corrected chi connectivity index (χ3v) is 7.33. The van der Waals surface area contributed by atoms with Gasteiger partial charge in [-0.3, -0.25) is 9.10 Å². The summed E-state index contributed by atoms with van der Waals surface area (Å²) in [7, 11) is -0.981. The van der Waals surface area contributed by atoms with Crippen LogP contribution in [0.5, 0.6) is 11.6 Å². The molecular weight excluding hydrogens is 468 g/mol. The van der Waals surface area contributed by atoms with E-state index in [9.17, 15) is 18.3 Å². The number of anilines is 1. The zero-order valence-electron chi connectivity index (χ0n) is 19.4. The first-order valence-corrected chi connectivity index (χ1v) is 12.1. The van der Waals surface area contributed by atoms with E-state index in [1.54, 1.807) is 55.6 Å². The number of hydrogen-bond acceptors (Lipinski definition) is 6. The third kappa shape index (κ3) is 4.73. The maximum absolute atomic E-state index is 13.5. The Hall–Kier alpha value is -4.18. The molecule has 1 heterocycles. The highest BCUT2D eigenvalue weighted by Gasteiger charge is 2.28. The van der Waals surface area contributed by atoms with Gasteiger partial charge >= 0.3 is 0 Å². The second kappa shape index (κ2) is 9.59. The summed E-state index contributed by atoms with van der Waals surface area (Å²) in [4.78, 5) is 12.9. The molecule has 35 heavy (non-hydrogen) atoms. The number of hydrogen-bond donors (Lipinski definition) is 1. The van der Waals surface area contributed by atoms with Crippen molar-refractivity contribution in [2.24, 2.45) is 17.3 Å². The van der Waals surface area contributed by atoms with Gasteiger partial charge in [0.05, 0.1) is 23.2 Å². The van der Waals surface area contributed by atoms with Gasteiger partial charge in [0, 0.05) is 18.5 Å². The van der Waals surface area contributed by atoms with Gasteiger partial charge in [-0.15, -0.1) is 10.2 Å². The summed E-state index contributed by atoms with van der Waals surface area (Å²) in [5, 5.41) is 18.7. The van der Waals surface area contributed by atoms with Crippen molar-refractivity contribution in [3.05, 3.63) is 78.4 Å². The van der Waals surface area contributed by atoms with Crippen molar-refractivity contribution < 1.29 is 23.1 Å². The van der Waals surface area contributed by atoms with E-state index in [4.69, 9.17) is 4.74 Å². The average Bonchev–Trinajstić information content (AvgIpc) is 3.11. The molecule has 4 rings (SSSR count). The van der Waals surface area contributed by atoms with Crippen LogP contribution in [0, 0.1) is 6.92 Å². The molecular formula is C25H24N4O5S. The highest BCUT2D eigenvalue weighted by molar-refractivity contribution is 7.92. The molecule has 0 saturated heterocycles. The molecule has 0 bridgehead atoms. The van der Waals surface area contributed by atoms with Crippen LogP contribution in [-0.2, 0) is 21.9 Å². The molecule has 0 saturated carbocycles. The predicted molar refractivity (Wildman–Crippen MR) is 133 cm³/mol. The fourth-order valence-corrected chi connectivity index (χ4v) is 5.04. The lowest BCUT2D eigenvalue weighted by atomic mass is 10.2. The van der Waals surface area contributed by atoms with E-state index in [1.165, 1.54) is 29.9 Å². The van der Waals surface area contributed by atoms with E-state index in [1.807, 2.05) is 13.0 Å². The average molecular weight is 493 g/mol. The summed E-state index contributed by atoms with van der Waals surface area (Å²) in [5.41, 5.74) is 1.98. The van der Waals surface area contributed by atoms with Gasteiger partial charge < -0.3 is 14.4 Å². The van der Waals surface area contributed by atoms with Gasteiger partial charge in [0.15, 0.2) is 5.69 Å². The van der Waals surface area contributed by atoms with Crippen molar-refractivity contribution in [1.82, 2.24) is 4.57 Å². The minimum atomic E-state index is -4.11. The van der Waals surface area contributed by atoms with E-state index in [2.05, 4.69) is 10.2 Å². The van der Waals surface area contributed by atoms with Crippen molar-refractivity contribution in [1.29, 1.82) is 0 Å². The van der Waals surface area contributed by atoms with E-state index >= 15 is 0 Å². The molecule has 1 amide bonds. The number of rotatable bonds is 7. The number of azo groups is 1. The van der Waals surface area contributed by atoms with Crippen LogP contribution in [0.4, 0.5) is 11.4 Å². The molecule has 0 radical (unpaired) electrons. The number of benzene rings is 3. The van der Waals surface area contributed by atoms with Crippen LogP contribution in [0.1, 0.15) is 5.56 Å². The lowest BCUT2D eigenvalue weighted by Gasteiger charge is -2.23. The number of nitrogens with zero attached hydrogens (tertiary/aromatic N) is 4. The first kappa shape index (κ1) is 24.0. The summed E-state index contributed by atoms with van der Waals surface area (Å²) >= 11 is 0. The molecule has 0 unspecified atom stereocenters. The van der Waals surface area contributed by atoms with Gasteiger partial charge in [0.25, 0.3) is 15.9 Å². The lowest BCUT2D eigenvalue weighted by Crippen LogP contribution is -2.35. The number of carbonyl (C=O) groups is 1. The zero-order valence-corrected chi connectivity index (χ0v) is 20.2. The van der Waals surface area contributed by atoms with Gasteiger partial charge in [-0.1, -0.05) is 42.0 Å². The van der Waals surface area contributed by atoms with Crippen LogP contribution in [0.3, 0.4) is 0 Å². The molecule has 0 fully saturated rings. The Morgan fingerprint density at radius 2 is 1.77 bits per heavy atom. The molecule has 1 aromatic heterocycles. The Balaban J connectivity index is 1.70. The lowest BCUT2D eigenvalue weighted by molar-refractivity contribution is -0.116. The molecule has 0 aliphatic heterocycles. The molecule has 0 aliphatic carbocycles. The number of methoxy groups -OCH3 is 1. The molecule has 4 aromatic rings. The molecule has 9 nitrogen and oxygen atoms in total. The summed E-state index contributed by atoms with van der Waals surface area (Å²) in [6.45, 7) is 1.25. The first-order valence-electron chi connectivity index (χ1n) is 10.7. The van der Waals surface area contributed by atoms with Gasteiger partial charge in [-0.05, 0) is 37.3 Å². The molecule has 0 spiro atoms. The van der Waals surface area contributed by atoms with Crippen molar-refractivity contribution in [2.45, 2.75) is 11.8 Å². The summed E-state index contributed by atoms with van der Waals surface area (Å²) in [6.07, 6.45) is 0. The number of aromatic hydroxyl groups is 1. The SMILES string of the molecule is COc1cccc(N(CC(=O)N=Nc2c(O)n(C)c3ccccc23)S(=O)(=O)c2ccc(C)cc2)c1. The number of aryl methyl sites for hydroxylation is 2. The topological polar surface area (TPSA) is 114 Å². The fraction of sp³-hybridized carbons (Fsp3) is 0.160. The molecule has 0 aliphatic rings. The number of para-hydroxylation sites is 1. The number of ether oxygens (including phenoxy) is 1. The van der Waals surface area contributed by atoms with E-state index in [0.717, 1.165) is 9.87 Å². The van der Waals surface area contributed by atoms with Gasteiger partial charge in [0.1, 0.15) is 12.3 Å². The second-order valence-corrected chi connectivity index (χ2v) is 9.73. The molecule has 3 aromatic carbocycles. The Morgan fingerprint density at radius 1 is 1.06 bits per heavy atom. The standard InChI is InChI=1S/C25H24N4O5S/c1-17-11-13-20(14-12-17)35(32,33)29(18-7-6-8-19(15-18)34-3)16-23(30)26-27-24-21-9-4-5-10-22(21)28(2)25(24)31/h4-15,31H,16H2,1-3H3. The van der Waals surface area contributed by atoms with Crippen LogP contribution in [0.15, 0.2) is 87.9 Å². The van der Waals surface area contributed by atoms with Gasteiger partial charge in [-0.2, -0.15) is 0 Å². The minimum absolute atomic E-state index is 0.0300. The Kier molecular flexibility index (Phi) is 6.57. The Morgan fingerprint density at radius 3 is 2.49 bits per heavy atom. The van der Waals surface area contributed by atoms with Crippen LogP contribution in [0.2, 0.25) is 0 Å². The predicted octanol–water partition coefficient (Wildman–Crippen LogP) is 4.71. The van der Waals surface area contributed by atoms with E-state index in [0.29, 0.717) is 16.7 Å².